The Hall–Kier alpha value is -2.24. The molecule has 2 atom stereocenters. The van der Waals surface area contributed by atoms with E-state index in [0.29, 0.717) is 18.7 Å². The number of carbonyl (C=O) groups excluding carboxylic acids is 2. The fraction of sp³-hybridized carbons (Fsp3) is 0.529. The molecule has 1 fully saturated rings. The molecule has 1 aromatic carbocycles. The van der Waals surface area contributed by atoms with Gasteiger partial charge in [-0.05, 0) is 51.0 Å². The average Bonchev–Trinajstić information content (AvgIpc) is 2.79. The van der Waals surface area contributed by atoms with Gasteiger partial charge >= 0.3 is 6.09 Å². The molecule has 0 aliphatic carbocycles. The Bertz CT molecular complexity index is 678. The van der Waals surface area contributed by atoms with Crippen LogP contribution in [0.1, 0.15) is 48.2 Å². The summed E-state index contributed by atoms with van der Waals surface area (Å²) in [6.45, 7) is 8.17. The van der Waals surface area contributed by atoms with Gasteiger partial charge in [-0.1, -0.05) is 0 Å². The van der Waals surface area contributed by atoms with Crippen molar-refractivity contribution in [1.29, 1.82) is 0 Å². The summed E-state index contributed by atoms with van der Waals surface area (Å²) in [7, 11) is 0. The van der Waals surface area contributed by atoms with Crippen LogP contribution in [0.25, 0.3) is 0 Å². The molecule has 2 amide bonds. The Morgan fingerprint density at radius 1 is 1.35 bits per heavy atom. The molecule has 6 nitrogen and oxygen atoms in total. The zero-order valence-electron chi connectivity index (χ0n) is 13.8. The summed E-state index contributed by atoms with van der Waals surface area (Å²) in [4.78, 5) is 26.2. The van der Waals surface area contributed by atoms with E-state index in [1.165, 1.54) is 0 Å². The largest absolute Gasteiger partial charge is 0.508 e. The predicted octanol–water partition coefficient (Wildman–Crippen LogP) is 2.15. The lowest BCUT2D eigenvalue weighted by Crippen LogP contribution is -2.45. The normalized spacial score (nSPS) is 23.1. The second-order valence-electron chi connectivity index (χ2n) is 7.30. The van der Waals surface area contributed by atoms with Gasteiger partial charge in [0, 0.05) is 24.6 Å². The summed E-state index contributed by atoms with van der Waals surface area (Å²) in [5.74, 6) is -0.0313. The Kier molecular flexibility index (Phi) is 3.50. The van der Waals surface area contributed by atoms with E-state index >= 15 is 0 Å². The monoisotopic (exact) mass is 318 g/mol. The van der Waals surface area contributed by atoms with Crippen LogP contribution in [0.5, 0.6) is 5.75 Å². The van der Waals surface area contributed by atoms with Crippen molar-refractivity contribution in [1.82, 2.24) is 10.2 Å². The minimum absolute atomic E-state index is 0.0268. The highest BCUT2D eigenvalue weighted by molar-refractivity contribution is 5.99. The number of hydrogen-bond acceptors (Lipinski definition) is 4. The quantitative estimate of drug-likeness (QED) is 0.768. The Balaban J connectivity index is 1.89. The number of phenols is 1. The van der Waals surface area contributed by atoms with Gasteiger partial charge in [0.05, 0.1) is 6.04 Å². The van der Waals surface area contributed by atoms with Gasteiger partial charge in [-0.15, -0.1) is 0 Å². The number of benzene rings is 1. The van der Waals surface area contributed by atoms with Gasteiger partial charge in [-0.2, -0.15) is 0 Å². The number of likely N-dealkylation sites (tertiary alicyclic amines) is 1. The van der Waals surface area contributed by atoms with Gasteiger partial charge in [0.15, 0.2) is 0 Å². The molecule has 3 rings (SSSR count). The lowest BCUT2D eigenvalue weighted by Gasteiger charge is -2.28. The summed E-state index contributed by atoms with van der Waals surface area (Å²) in [6.07, 6.45) is -0.375. The maximum atomic E-state index is 12.3. The van der Waals surface area contributed by atoms with Crippen LogP contribution in [0.15, 0.2) is 12.1 Å². The fourth-order valence-electron chi connectivity index (χ4n) is 3.38. The number of nitrogens with zero attached hydrogens (tertiary/aromatic N) is 1. The lowest BCUT2D eigenvalue weighted by atomic mass is 9.84. The molecule has 2 N–H and O–H groups in total. The number of ether oxygens (including phenoxy) is 1. The van der Waals surface area contributed by atoms with E-state index in [4.69, 9.17) is 4.74 Å². The lowest BCUT2D eigenvalue weighted by molar-refractivity contribution is 0.0288. The van der Waals surface area contributed by atoms with Crippen LogP contribution in [0.3, 0.4) is 0 Å². The van der Waals surface area contributed by atoms with E-state index in [2.05, 4.69) is 5.32 Å². The molecule has 0 unspecified atom stereocenters. The standard InChI is InChI=1S/C17H22N2O4/c1-9-5-10(20)6-11-12-7-19(16(22)23-17(2,3)4)8-13(12)18-15(21)14(9)11/h5-6,12-13,20H,7-8H2,1-4H3,(H,18,21)/t12-,13+/m0/s1. The molecule has 2 heterocycles. The number of fused-ring (bicyclic) bond motifs is 3. The SMILES string of the molecule is Cc1cc(O)cc2c1C(=O)N[C@@H]1CN(C(=O)OC(C)(C)C)C[C@@H]21. The average molecular weight is 318 g/mol. The minimum atomic E-state index is -0.555. The minimum Gasteiger partial charge on any atom is -0.508 e. The van der Waals surface area contributed by atoms with E-state index in [0.717, 1.165) is 11.1 Å². The Morgan fingerprint density at radius 3 is 2.70 bits per heavy atom. The molecule has 0 saturated carbocycles. The highest BCUT2D eigenvalue weighted by Gasteiger charge is 2.43. The molecule has 0 radical (unpaired) electrons. The van der Waals surface area contributed by atoms with Crippen molar-refractivity contribution in [3.63, 3.8) is 0 Å². The topological polar surface area (TPSA) is 78.9 Å². The highest BCUT2D eigenvalue weighted by atomic mass is 16.6. The van der Waals surface area contributed by atoms with Gasteiger partial charge < -0.3 is 20.1 Å². The fourth-order valence-corrected chi connectivity index (χ4v) is 3.38. The van der Waals surface area contributed by atoms with Crippen molar-refractivity contribution in [3.05, 3.63) is 28.8 Å². The van der Waals surface area contributed by atoms with Crippen LogP contribution in [0.4, 0.5) is 4.79 Å². The van der Waals surface area contributed by atoms with Crippen LogP contribution in [0, 0.1) is 6.92 Å². The maximum Gasteiger partial charge on any atom is 0.410 e. The third-order valence-electron chi connectivity index (χ3n) is 4.27. The number of aryl methyl sites for hydroxylation is 1. The number of carbonyl (C=O) groups is 2. The first-order chi connectivity index (χ1) is 10.7. The summed E-state index contributed by atoms with van der Waals surface area (Å²) in [6, 6.07) is 3.07. The number of hydrogen-bond donors (Lipinski definition) is 2. The molecule has 0 aromatic heterocycles. The molecule has 2 aliphatic heterocycles. The van der Waals surface area contributed by atoms with Gasteiger partial charge in [0.1, 0.15) is 11.4 Å². The third-order valence-corrected chi connectivity index (χ3v) is 4.27. The van der Waals surface area contributed by atoms with Crippen molar-refractivity contribution in [2.45, 2.75) is 45.3 Å². The van der Waals surface area contributed by atoms with Crippen LogP contribution >= 0.6 is 0 Å². The van der Waals surface area contributed by atoms with Crippen molar-refractivity contribution >= 4 is 12.0 Å². The molecule has 23 heavy (non-hydrogen) atoms. The van der Waals surface area contributed by atoms with Crippen LogP contribution in [-0.4, -0.2) is 46.7 Å². The molecule has 2 aliphatic rings. The van der Waals surface area contributed by atoms with Gasteiger partial charge in [-0.25, -0.2) is 4.79 Å². The predicted molar refractivity (Wildman–Crippen MR) is 84.6 cm³/mol. The van der Waals surface area contributed by atoms with E-state index in [1.807, 2.05) is 20.8 Å². The molecule has 124 valence electrons. The van der Waals surface area contributed by atoms with Crippen LogP contribution in [-0.2, 0) is 4.74 Å². The second kappa shape index (κ2) is 5.15. The number of aromatic hydroxyl groups is 1. The summed E-state index contributed by atoms with van der Waals surface area (Å²) < 4.78 is 5.41. The first kappa shape index (κ1) is 15.6. The number of nitrogens with one attached hydrogen (secondary N) is 1. The Labute approximate surface area is 135 Å². The van der Waals surface area contributed by atoms with Crippen molar-refractivity contribution in [3.8, 4) is 5.75 Å². The van der Waals surface area contributed by atoms with E-state index in [9.17, 15) is 14.7 Å². The first-order valence-electron chi connectivity index (χ1n) is 7.78. The van der Waals surface area contributed by atoms with E-state index in [-0.39, 0.29) is 29.7 Å². The molecule has 0 bridgehead atoms. The summed E-state index contributed by atoms with van der Waals surface area (Å²) in [5, 5.41) is 12.8. The second-order valence-corrected chi connectivity index (χ2v) is 7.30. The van der Waals surface area contributed by atoms with Crippen LogP contribution < -0.4 is 5.32 Å². The van der Waals surface area contributed by atoms with Crippen molar-refractivity contribution < 1.29 is 19.4 Å². The van der Waals surface area contributed by atoms with Gasteiger partial charge in [-0.3, -0.25) is 4.79 Å². The first-order valence-corrected chi connectivity index (χ1v) is 7.78. The van der Waals surface area contributed by atoms with Gasteiger partial charge in [0.2, 0.25) is 0 Å². The summed E-state index contributed by atoms with van der Waals surface area (Å²) in [5.41, 5.74) is 1.60. The van der Waals surface area contributed by atoms with Crippen molar-refractivity contribution in [2.75, 3.05) is 13.1 Å². The smallest absolute Gasteiger partial charge is 0.410 e. The molecular formula is C17H22N2O4. The highest BCUT2D eigenvalue weighted by Crippen LogP contribution is 2.37. The van der Waals surface area contributed by atoms with Crippen LogP contribution in [0.2, 0.25) is 0 Å². The Morgan fingerprint density at radius 2 is 2.04 bits per heavy atom. The number of phenolic OH excluding ortho intramolecular Hbond substituents is 1. The molecule has 0 spiro atoms. The number of rotatable bonds is 0. The maximum absolute atomic E-state index is 12.3. The summed E-state index contributed by atoms with van der Waals surface area (Å²) >= 11 is 0. The zero-order valence-corrected chi connectivity index (χ0v) is 13.8. The third kappa shape index (κ3) is 2.85. The van der Waals surface area contributed by atoms with E-state index < -0.39 is 5.60 Å². The van der Waals surface area contributed by atoms with Gasteiger partial charge in [0.25, 0.3) is 5.91 Å². The molecule has 1 saturated heterocycles. The van der Waals surface area contributed by atoms with Crippen molar-refractivity contribution in [2.24, 2.45) is 0 Å². The molecule has 6 heteroatoms. The zero-order chi connectivity index (χ0) is 16.9. The molecule has 1 aromatic rings. The number of amides is 2. The van der Waals surface area contributed by atoms with E-state index in [1.54, 1.807) is 24.0 Å². The molecular weight excluding hydrogens is 296 g/mol.